The molecule has 0 radical (unpaired) electrons. The third-order valence-corrected chi connectivity index (χ3v) is 6.08. The average molecular weight is 335 g/mol. The van der Waals surface area contributed by atoms with Gasteiger partial charge in [-0.05, 0) is 44.2 Å². The molecule has 2 heterocycles. The summed E-state index contributed by atoms with van der Waals surface area (Å²) >= 11 is 0. The van der Waals surface area contributed by atoms with Gasteiger partial charge < -0.3 is 10.2 Å². The minimum Gasteiger partial charge on any atom is -0.335 e. The Labute approximate surface area is 145 Å². The van der Waals surface area contributed by atoms with Crippen molar-refractivity contribution >= 4 is 18.3 Å². The van der Waals surface area contributed by atoms with Crippen LogP contribution in [-0.4, -0.2) is 36.0 Å². The van der Waals surface area contributed by atoms with Crippen molar-refractivity contribution in [3.63, 3.8) is 0 Å². The van der Waals surface area contributed by atoms with Crippen molar-refractivity contribution in [1.29, 1.82) is 0 Å². The number of hydrogen-bond acceptors (Lipinski definition) is 2. The van der Waals surface area contributed by atoms with E-state index < -0.39 is 0 Å². The first kappa shape index (κ1) is 16.8. The number of fused-ring (bicyclic) bond motifs is 2. The Morgan fingerprint density at radius 3 is 2.48 bits per heavy atom. The fourth-order valence-electron chi connectivity index (χ4n) is 4.92. The lowest BCUT2D eigenvalue weighted by molar-refractivity contribution is -0.140. The SMILES string of the molecule is Cl.O=C(N1C2CCNCC1CC2)C1(c2ccccc2)CCCC1. The van der Waals surface area contributed by atoms with Crippen molar-refractivity contribution in [2.45, 2.75) is 62.4 Å². The number of carbonyl (C=O) groups is 1. The number of amides is 1. The predicted octanol–water partition coefficient (Wildman–Crippen LogP) is 3.27. The Hall–Kier alpha value is -1.06. The summed E-state index contributed by atoms with van der Waals surface area (Å²) in [7, 11) is 0. The van der Waals surface area contributed by atoms with Crippen LogP contribution in [0.4, 0.5) is 0 Å². The number of halogens is 1. The summed E-state index contributed by atoms with van der Waals surface area (Å²) in [6, 6.07) is 11.4. The molecule has 23 heavy (non-hydrogen) atoms. The van der Waals surface area contributed by atoms with Gasteiger partial charge >= 0.3 is 0 Å². The van der Waals surface area contributed by atoms with Crippen LogP contribution in [0.25, 0.3) is 0 Å². The van der Waals surface area contributed by atoms with Crippen LogP contribution in [0.15, 0.2) is 30.3 Å². The van der Waals surface area contributed by atoms with Crippen LogP contribution >= 0.6 is 12.4 Å². The molecule has 1 aromatic rings. The lowest BCUT2D eigenvalue weighted by atomic mass is 9.77. The Kier molecular flexibility index (Phi) is 4.98. The van der Waals surface area contributed by atoms with Gasteiger partial charge in [-0.25, -0.2) is 0 Å². The van der Waals surface area contributed by atoms with Gasteiger partial charge in [-0.1, -0.05) is 43.2 Å². The molecule has 3 aliphatic rings. The number of nitrogens with zero attached hydrogens (tertiary/aromatic N) is 1. The normalized spacial score (nSPS) is 29.0. The van der Waals surface area contributed by atoms with Crippen molar-refractivity contribution in [1.82, 2.24) is 10.2 Å². The maximum absolute atomic E-state index is 13.6. The second-order valence-corrected chi connectivity index (χ2v) is 7.25. The van der Waals surface area contributed by atoms with Crippen LogP contribution in [0.2, 0.25) is 0 Å². The summed E-state index contributed by atoms with van der Waals surface area (Å²) < 4.78 is 0. The van der Waals surface area contributed by atoms with Gasteiger partial charge in [-0.2, -0.15) is 0 Å². The number of carbonyl (C=O) groups excluding carboxylic acids is 1. The lowest BCUT2D eigenvalue weighted by Gasteiger charge is -2.38. The van der Waals surface area contributed by atoms with Crippen molar-refractivity contribution < 1.29 is 4.79 Å². The molecule has 0 aromatic heterocycles. The zero-order valence-electron chi connectivity index (χ0n) is 13.7. The fourth-order valence-corrected chi connectivity index (χ4v) is 4.92. The molecular formula is C19H27ClN2O. The molecule has 4 rings (SSSR count). The number of benzene rings is 1. The van der Waals surface area contributed by atoms with E-state index in [-0.39, 0.29) is 17.8 Å². The molecule has 1 amide bonds. The van der Waals surface area contributed by atoms with Gasteiger partial charge in [0, 0.05) is 18.6 Å². The standard InChI is InChI=1S/C19H26N2O.ClH/c22-18(21-16-8-9-17(21)14-20-13-10-16)19(11-4-5-12-19)15-6-2-1-3-7-15;/h1-3,6-7,16-17,20H,4-5,8-14H2;1H. The molecule has 4 heteroatoms. The first-order chi connectivity index (χ1) is 10.8. The van der Waals surface area contributed by atoms with Crippen LogP contribution in [0.3, 0.4) is 0 Å². The Morgan fingerprint density at radius 1 is 1.04 bits per heavy atom. The zero-order valence-corrected chi connectivity index (χ0v) is 14.5. The molecular weight excluding hydrogens is 308 g/mol. The van der Waals surface area contributed by atoms with Crippen molar-refractivity contribution in [3.8, 4) is 0 Å². The highest BCUT2D eigenvalue weighted by molar-refractivity contribution is 5.89. The van der Waals surface area contributed by atoms with Crippen LogP contribution in [0.1, 0.15) is 50.5 Å². The third kappa shape index (κ3) is 2.78. The monoisotopic (exact) mass is 334 g/mol. The van der Waals surface area contributed by atoms with Crippen molar-refractivity contribution in [2.24, 2.45) is 0 Å². The average Bonchev–Trinajstić information content (AvgIpc) is 3.12. The van der Waals surface area contributed by atoms with Gasteiger partial charge in [0.05, 0.1) is 5.41 Å². The first-order valence-electron chi connectivity index (χ1n) is 8.90. The summed E-state index contributed by atoms with van der Waals surface area (Å²) in [5, 5.41) is 3.51. The quantitative estimate of drug-likeness (QED) is 0.900. The van der Waals surface area contributed by atoms with Crippen LogP contribution in [0, 0.1) is 0 Å². The minimum atomic E-state index is -0.244. The third-order valence-electron chi connectivity index (χ3n) is 6.08. The fraction of sp³-hybridized carbons (Fsp3) is 0.632. The molecule has 126 valence electrons. The summed E-state index contributed by atoms with van der Waals surface area (Å²) in [5.74, 6) is 0.424. The highest BCUT2D eigenvalue weighted by Gasteiger charge is 2.49. The van der Waals surface area contributed by atoms with E-state index in [0.29, 0.717) is 18.0 Å². The second-order valence-electron chi connectivity index (χ2n) is 7.25. The minimum absolute atomic E-state index is 0. The molecule has 2 bridgehead atoms. The molecule has 0 spiro atoms. The molecule has 1 aliphatic carbocycles. The van der Waals surface area contributed by atoms with E-state index in [0.717, 1.165) is 32.4 Å². The summed E-state index contributed by atoms with van der Waals surface area (Å²) in [6.45, 7) is 2.04. The van der Waals surface area contributed by atoms with Gasteiger partial charge in [0.15, 0.2) is 0 Å². The van der Waals surface area contributed by atoms with E-state index in [1.54, 1.807) is 0 Å². The zero-order chi connectivity index (χ0) is 15.0. The van der Waals surface area contributed by atoms with E-state index in [1.807, 2.05) is 0 Å². The highest BCUT2D eigenvalue weighted by atomic mass is 35.5. The molecule has 2 saturated heterocycles. The molecule has 1 saturated carbocycles. The molecule has 2 atom stereocenters. The molecule has 2 unspecified atom stereocenters. The van der Waals surface area contributed by atoms with Gasteiger partial charge in [-0.3, -0.25) is 4.79 Å². The number of rotatable bonds is 2. The van der Waals surface area contributed by atoms with Crippen LogP contribution in [0.5, 0.6) is 0 Å². The van der Waals surface area contributed by atoms with Gasteiger partial charge in [-0.15, -0.1) is 12.4 Å². The van der Waals surface area contributed by atoms with E-state index in [4.69, 9.17) is 0 Å². The molecule has 1 aromatic carbocycles. The summed E-state index contributed by atoms with van der Waals surface area (Å²) in [4.78, 5) is 15.9. The summed E-state index contributed by atoms with van der Waals surface area (Å²) in [5.41, 5.74) is 1.00. The maximum Gasteiger partial charge on any atom is 0.233 e. The maximum atomic E-state index is 13.6. The van der Waals surface area contributed by atoms with Gasteiger partial charge in [0.2, 0.25) is 5.91 Å². The van der Waals surface area contributed by atoms with Crippen LogP contribution in [-0.2, 0) is 10.2 Å². The molecule has 1 N–H and O–H groups in total. The largest absolute Gasteiger partial charge is 0.335 e. The molecule has 3 nitrogen and oxygen atoms in total. The van der Waals surface area contributed by atoms with E-state index >= 15 is 0 Å². The Balaban J connectivity index is 0.00000156. The second kappa shape index (κ2) is 6.82. The highest BCUT2D eigenvalue weighted by Crippen LogP contribution is 2.45. The smallest absolute Gasteiger partial charge is 0.233 e. The van der Waals surface area contributed by atoms with Gasteiger partial charge in [0.25, 0.3) is 0 Å². The number of nitrogens with one attached hydrogen (secondary N) is 1. The van der Waals surface area contributed by atoms with E-state index in [9.17, 15) is 4.79 Å². The van der Waals surface area contributed by atoms with E-state index in [2.05, 4.69) is 40.5 Å². The van der Waals surface area contributed by atoms with Crippen molar-refractivity contribution in [3.05, 3.63) is 35.9 Å². The van der Waals surface area contributed by atoms with E-state index in [1.165, 1.54) is 31.2 Å². The Bertz CT molecular complexity index is 528. The summed E-state index contributed by atoms with van der Waals surface area (Å²) in [6.07, 6.45) is 7.91. The Morgan fingerprint density at radius 2 is 1.74 bits per heavy atom. The van der Waals surface area contributed by atoms with Crippen molar-refractivity contribution in [2.75, 3.05) is 13.1 Å². The first-order valence-corrected chi connectivity index (χ1v) is 8.90. The van der Waals surface area contributed by atoms with Gasteiger partial charge in [0.1, 0.15) is 0 Å². The van der Waals surface area contributed by atoms with Crippen LogP contribution < -0.4 is 5.32 Å². The predicted molar refractivity (Wildman–Crippen MR) is 95.0 cm³/mol. The molecule has 2 aliphatic heterocycles. The lowest BCUT2D eigenvalue weighted by Crippen LogP contribution is -2.51. The topological polar surface area (TPSA) is 32.3 Å². The number of hydrogen-bond donors (Lipinski definition) is 1. The molecule has 3 fully saturated rings.